The van der Waals surface area contributed by atoms with Gasteiger partial charge in [-0.15, -0.1) is 0 Å². The molecule has 70 valence electrons. The number of alkyl halides is 2. The third-order valence-corrected chi connectivity index (χ3v) is 2.20. The summed E-state index contributed by atoms with van der Waals surface area (Å²) < 4.78 is 24.6. The zero-order valence-electron chi connectivity index (χ0n) is 6.80. The Morgan fingerprint density at radius 2 is 2.23 bits per heavy atom. The number of anilines is 1. The van der Waals surface area contributed by atoms with Crippen molar-refractivity contribution in [2.75, 3.05) is 5.32 Å². The number of rotatable bonds is 1. The van der Waals surface area contributed by atoms with Crippen molar-refractivity contribution in [1.29, 1.82) is 0 Å². The van der Waals surface area contributed by atoms with Crippen LogP contribution in [0, 0.1) is 0 Å². The van der Waals surface area contributed by atoms with Crippen molar-refractivity contribution in [2.24, 2.45) is 0 Å². The van der Waals surface area contributed by atoms with E-state index >= 15 is 0 Å². The molecule has 13 heavy (non-hydrogen) atoms. The summed E-state index contributed by atoms with van der Waals surface area (Å²) in [6.07, 6.45) is -2.12. The Balaban J connectivity index is 2.30. The number of fused-ring (bicyclic) bond motifs is 1. The molecule has 0 spiro atoms. The maximum atomic E-state index is 12.3. The molecule has 2 rings (SSSR count). The highest BCUT2D eigenvalue weighted by Crippen LogP contribution is 2.35. The van der Waals surface area contributed by atoms with Crippen LogP contribution in [0.4, 0.5) is 14.5 Å². The van der Waals surface area contributed by atoms with Gasteiger partial charge in [0.05, 0.1) is 11.7 Å². The van der Waals surface area contributed by atoms with Gasteiger partial charge in [-0.2, -0.15) is 0 Å². The van der Waals surface area contributed by atoms with Crippen LogP contribution in [0.3, 0.4) is 0 Å². The maximum absolute atomic E-state index is 12.3. The van der Waals surface area contributed by atoms with Crippen molar-refractivity contribution in [3.63, 3.8) is 0 Å². The van der Waals surface area contributed by atoms with Gasteiger partial charge in [0.1, 0.15) is 5.75 Å². The van der Waals surface area contributed by atoms with Crippen molar-refractivity contribution in [2.45, 2.75) is 18.9 Å². The first-order valence-corrected chi connectivity index (χ1v) is 4.04. The first-order chi connectivity index (χ1) is 6.18. The van der Waals surface area contributed by atoms with Gasteiger partial charge in [0.25, 0.3) is 6.43 Å². The number of nitrogens with one attached hydrogen (secondary N) is 1. The van der Waals surface area contributed by atoms with E-state index in [-0.39, 0.29) is 12.2 Å². The van der Waals surface area contributed by atoms with E-state index in [0.29, 0.717) is 5.69 Å². The van der Waals surface area contributed by atoms with E-state index in [0.717, 1.165) is 5.56 Å². The minimum atomic E-state index is -2.40. The second kappa shape index (κ2) is 2.87. The molecular weight excluding hydrogens is 176 g/mol. The fraction of sp³-hybridized carbons (Fsp3) is 0.333. The minimum Gasteiger partial charge on any atom is -0.506 e. The molecule has 0 fully saturated rings. The van der Waals surface area contributed by atoms with Crippen molar-refractivity contribution in [3.05, 3.63) is 23.8 Å². The summed E-state index contributed by atoms with van der Waals surface area (Å²) in [6, 6.07) is 4.02. The van der Waals surface area contributed by atoms with E-state index in [1.165, 1.54) is 6.07 Å². The first kappa shape index (κ1) is 8.29. The van der Waals surface area contributed by atoms with E-state index in [1.807, 2.05) is 0 Å². The Labute approximate surface area is 74.2 Å². The minimum absolute atomic E-state index is 0.0423. The Morgan fingerprint density at radius 3 is 2.85 bits per heavy atom. The zero-order valence-corrected chi connectivity index (χ0v) is 6.80. The van der Waals surface area contributed by atoms with Gasteiger partial charge in [0.2, 0.25) is 0 Å². The van der Waals surface area contributed by atoms with Crippen LogP contribution in [-0.4, -0.2) is 17.6 Å². The van der Waals surface area contributed by atoms with Crippen molar-refractivity contribution in [1.82, 2.24) is 0 Å². The molecule has 0 radical (unpaired) electrons. The van der Waals surface area contributed by atoms with Gasteiger partial charge in [-0.25, -0.2) is 8.78 Å². The lowest BCUT2D eigenvalue weighted by molar-refractivity contribution is 0.126. The Hall–Kier alpha value is -1.32. The summed E-state index contributed by atoms with van der Waals surface area (Å²) in [6.45, 7) is 0. The summed E-state index contributed by atoms with van der Waals surface area (Å²) in [5, 5.41) is 11.9. The van der Waals surface area contributed by atoms with Crippen LogP contribution in [0.25, 0.3) is 0 Å². The molecule has 4 heteroatoms. The lowest BCUT2D eigenvalue weighted by atomic mass is 10.1. The molecule has 1 aromatic rings. The fourth-order valence-electron chi connectivity index (χ4n) is 1.55. The average molecular weight is 185 g/mol. The van der Waals surface area contributed by atoms with Crippen LogP contribution >= 0.6 is 0 Å². The summed E-state index contributed by atoms with van der Waals surface area (Å²) in [5.41, 5.74) is 1.21. The highest BCUT2D eigenvalue weighted by molar-refractivity contribution is 5.65. The van der Waals surface area contributed by atoms with Crippen molar-refractivity contribution < 1.29 is 13.9 Å². The smallest absolute Gasteiger partial charge is 0.258 e. The quantitative estimate of drug-likeness (QED) is 0.656. The third-order valence-electron chi connectivity index (χ3n) is 2.20. The van der Waals surface area contributed by atoms with Gasteiger partial charge < -0.3 is 10.4 Å². The number of hydrogen-bond donors (Lipinski definition) is 2. The number of para-hydroxylation sites is 1. The Kier molecular flexibility index (Phi) is 1.83. The molecule has 1 unspecified atom stereocenters. The maximum Gasteiger partial charge on any atom is 0.258 e. The third kappa shape index (κ3) is 1.32. The first-order valence-electron chi connectivity index (χ1n) is 4.04. The normalized spacial score (nSPS) is 20.1. The highest BCUT2D eigenvalue weighted by atomic mass is 19.3. The number of phenolic OH excluding ortho intramolecular Hbond substituents is 1. The van der Waals surface area contributed by atoms with E-state index < -0.39 is 12.5 Å². The van der Waals surface area contributed by atoms with Crippen LogP contribution in [0.2, 0.25) is 0 Å². The standard InChI is InChI=1S/C9H9F2NO/c10-9(11)6-4-5-2-1-3-7(13)8(5)12-6/h1-3,6,9,12-13H,4H2. The molecular formula is C9H9F2NO. The highest BCUT2D eigenvalue weighted by Gasteiger charge is 2.29. The van der Waals surface area contributed by atoms with Crippen molar-refractivity contribution in [3.8, 4) is 5.75 Å². The molecule has 1 heterocycles. The van der Waals surface area contributed by atoms with Gasteiger partial charge in [0, 0.05) is 6.42 Å². The van der Waals surface area contributed by atoms with E-state index in [1.54, 1.807) is 12.1 Å². The van der Waals surface area contributed by atoms with Crippen LogP contribution in [0.15, 0.2) is 18.2 Å². The number of aromatic hydroxyl groups is 1. The molecule has 1 atom stereocenters. The SMILES string of the molecule is Oc1cccc2c1NC(C(F)F)C2. The van der Waals surface area contributed by atoms with Gasteiger partial charge in [0.15, 0.2) is 0 Å². The predicted octanol–water partition coefficient (Wildman–Crippen LogP) is 1.99. The molecule has 0 aliphatic carbocycles. The lowest BCUT2D eigenvalue weighted by Crippen LogP contribution is -2.24. The zero-order chi connectivity index (χ0) is 9.42. The molecule has 1 aliphatic heterocycles. The molecule has 2 N–H and O–H groups in total. The largest absolute Gasteiger partial charge is 0.506 e. The van der Waals surface area contributed by atoms with Gasteiger partial charge in [-0.1, -0.05) is 12.1 Å². The molecule has 1 aliphatic rings. The molecule has 1 aromatic carbocycles. The van der Waals surface area contributed by atoms with E-state index in [2.05, 4.69) is 5.32 Å². The molecule has 0 saturated carbocycles. The second-order valence-electron chi connectivity index (χ2n) is 3.10. The van der Waals surface area contributed by atoms with E-state index in [4.69, 9.17) is 0 Å². The van der Waals surface area contributed by atoms with E-state index in [9.17, 15) is 13.9 Å². The average Bonchev–Trinajstić information content (AvgIpc) is 2.49. The summed E-state index contributed by atoms with van der Waals surface area (Å²) in [4.78, 5) is 0. The van der Waals surface area contributed by atoms with Gasteiger partial charge >= 0.3 is 0 Å². The molecule has 0 aromatic heterocycles. The Bertz CT molecular complexity index is 327. The molecule has 0 bridgehead atoms. The lowest BCUT2D eigenvalue weighted by Gasteiger charge is -2.09. The summed E-state index contributed by atoms with van der Waals surface area (Å²) >= 11 is 0. The molecule has 2 nitrogen and oxygen atoms in total. The van der Waals surface area contributed by atoms with Gasteiger partial charge in [-0.05, 0) is 11.6 Å². The van der Waals surface area contributed by atoms with Crippen LogP contribution in [-0.2, 0) is 6.42 Å². The summed E-state index contributed by atoms with van der Waals surface area (Å²) in [7, 11) is 0. The Morgan fingerprint density at radius 1 is 1.46 bits per heavy atom. The van der Waals surface area contributed by atoms with Gasteiger partial charge in [-0.3, -0.25) is 0 Å². The fourth-order valence-corrected chi connectivity index (χ4v) is 1.55. The predicted molar refractivity (Wildman–Crippen MR) is 45.2 cm³/mol. The number of phenols is 1. The number of benzene rings is 1. The number of halogens is 2. The topological polar surface area (TPSA) is 32.3 Å². The molecule has 0 saturated heterocycles. The molecule has 0 amide bonds. The second-order valence-corrected chi connectivity index (χ2v) is 3.10. The van der Waals surface area contributed by atoms with Crippen LogP contribution in [0.1, 0.15) is 5.56 Å². The van der Waals surface area contributed by atoms with Crippen LogP contribution < -0.4 is 5.32 Å². The number of hydrogen-bond acceptors (Lipinski definition) is 2. The summed E-state index contributed by atoms with van der Waals surface area (Å²) in [5.74, 6) is 0.0423. The van der Waals surface area contributed by atoms with Crippen molar-refractivity contribution >= 4 is 5.69 Å². The monoisotopic (exact) mass is 185 g/mol. The van der Waals surface area contributed by atoms with Crippen LogP contribution in [0.5, 0.6) is 5.75 Å².